The summed E-state index contributed by atoms with van der Waals surface area (Å²) in [6, 6.07) is 11.5. The van der Waals surface area contributed by atoms with Crippen LogP contribution < -0.4 is 5.32 Å². The third-order valence-corrected chi connectivity index (χ3v) is 6.39. The summed E-state index contributed by atoms with van der Waals surface area (Å²) in [5, 5.41) is 3.38. The molecule has 148 valence electrons. The molecule has 1 N–H and O–H groups in total. The van der Waals surface area contributed by atoms with Crippen LogP contribution in [0.2, 0.25) is 0 Å². The van der Waals surface area contributed by atoms with Crippen LogP contribution in [-0.4, -0.2) is 66.7 Å². The Morgan fingerprint density at radius 2 is 1.93 bits per heavy atom. The zero-order valence-corrected chi connectivity index (χ0v) is 16.7. The van der Waals surface area contributed by atoms with Crippen LogP contribution in [0.4, 0.5) is 0 Å². The Balaban J connectivity index is 1.42. The van der Waals surface area contributed by atoms with Crippen LogP contribution in [0.5, 0.6) is 0 Å². The molecule has 5 nitrogen and oxygen atoms in total. The molecule has 3 saturated heterocycles. The molecule has 1 amide bonds. The largest absolute Gasteiger partial charge is 0.379 e. The molecule has 3 aliphatic rings. The van der Waals surface area contributed by atoms with Crippen molar-refractivity contribution in [1.82, 2.24) is 15.1 Å². The number of morpholine rings is 1. The molecule has 5 heteroatoms. The van der Waals surface area contributed by atoms with E-state index in [0.29, 0.717) is 12.1 Å². The molecular weight excluding hydrogens is 338 g/mol. The maximum absolute atomic E-state index is 13.2. The molecule has 0 bridgehead atoms. The van der Waals surface area contributed by atoms with Crippen LogP contribution in [-0.2, 0) is 9.53 Å². The Morgan fingerprint density at radius 3 is 2.67 bits per heavy atom. The molecule has 1 aromatic carbocycles. The monoisotopic (exact) mass is 371 g/mol. The first-order valence-corrected chi connectivity index (χ1v) is 10.5. The normalized spacial score (nSPS) is 29.6. The molecule has 3 heterocycles. The van der Waals surface area contributed by atoms with Gasteiger partial charge in [0.1, 0.15) is 0 Å². The van der Waals surface area contributed by atoms with E-state index in [-0.39, 0.29) is 17.4 Å². The Morgan fingerprint density at radius 1 is 1.19 bits per heavy atom. The van der Waals surface area contributed by atoms with E-state index < -0.39 is 0 Å². The van der Waals surface area contributed by atoms with E-state index in [0.717, 1.165) is 52.2 Å². The van der Waals surface area contributed by atoms with Crippen molar-refractivity contribution < 1.29 is 9.53 Å². The number of ether oxygens (including phenoxy) is 1. The van der Waals surface area contributed by atoms with E-state index in [1.165, 1.54) is 12.0 Å². The van der Waals surface area contributed by atoms with Crippen molar-refractivity contribution in [2.45, 2.75) is 50.7 Å². The van der Waals surface area contributed by atoms with E-state index in [1.807, 2.05) is 0 Å². The molecule has 0 aliphatic carbocycles. The van der Waals surface area contributed by atoms with Gasteiger partial charge in [-0.1, -0.05) is 30.3 Å². The lowest BCUT2D eigenvalue weighted by Crippen LogP contribution is -2.55. The zero-order valence-electron chi connectivity index (χ0n) is 16.7. The number of benzene rings is 1. The highest BCUT2D eigenvalue weighted by atomic mass is 16.5. The van der Waals surface area contributed by atoms with Gasteiger partial charge in [-0.25, -0.2) is 0 Å². The van der Waals surface area contributed by atoms with Crippen LogP contribution >= 0.6 is 0 Å². The summed E-state index contributed by atoms with van der Waals surface area (Å²) in [6.45, 7) is 9.79. The molecule has 3 aliphatic heterocycles. The van der Waals surface area contributed by atoms with E-state index in [9.17, 15) is 4.79 Å². The number of rotatable bonds is 5. The predicted octanol–water partition coefficient (Wildman–Crippen LogP) is 2.44. The second kappa shape index (κ2) is 7.90. The number of hydrogen-bond donors (Lipinski definition) is 1. The lowest BCUT2D eigenvalue weighted by molar-refractivity contribution is -0.127. The summed E-state index contributed by atoms with van der Waals surface area (Å²) in [6.07, 6.45) is 3.29. The van der Waals surface area contributed by atoms with Gasteiger partial charge in [0, 0.05) is 37.3 Å². The fourth-order valence-corrected chi connectivity index (χ4v) is 5.24. The summed E-state index contributed by atoms with van der Waals surface area (Å²) in [5.41, 5.74) is 1.13. The summed E-state index contributed by atoms with van der Waals surface area (Å²) >= 11 is 0. The second-order valence-electron chi connectivity index (χ2n) is 8.98. The average Bonchev–Trinajstić information content (AvgIpc) is 3.25. The SMILES string of the molecule is CC(C)(CN1CCOCC1)NC(=O)[C@@H]1C[C@H](c2ccccc2)N2CCC[C@@H]12. The Labute approximate surface area is 163 Å². The van der Waals surface area contributed by atoms with Crippen molar-refractivity contribution in [3.63, 3.8) is 0 Å². The Bertz CT molecular complexity index is 642. The molecule has 3 atom stereocenters. The minimum Gasteiger partial charge on any atom is -0.379 e. The average molecular weight is 372 g/mol. The highest BCUT2D eigenvalue weighted by Gasteiger charge is 2.47. The summed E-state index contributed by atoms with van der Waals surface area (Å²) < 4.78 is 5.44. The highest BCUT2D eigenvalue weighted by Crippen LogP contribution is 2.45. The van der Waals surface area contributed by atoms with Gasteiger partial charge < -0.3 is 10.1 Å². The molecule has 0 radical (unpaired) electrons. The molecule has 0 spiro atoms. The van der Waals surface area contributed by atoms with E-state index >= 15 is 0 Å². The number of hydrogen-bond acceptors (Lipinski definition) is 4. The highest BCUT2D eigenvalue weighted by molar-refractivity contribution is 5.80. The molecule has 4 rings (SSSR count). The maximum atomic E-state index is 13.2. The third kappa shape index (κ3) is 4.20. The minimum atomic E-state index is -0.220. The molecule has 0 aromatic heterocycles. The topological polar surface area (TPSA) is 44.8 Å². The Kier molecular flexibility index (Phi) is 5.53. The zero-order chi connectivity index (χ0) is 18.9. The maximum Gasteiger partial charge on any atom is 0.225 e. The number of amides is 1. The van der Waals surface area contributed by atoms with Crippen molar-refractivity contribution in [3.05, 3.63) is 35.9 Å². The van der Waals surface area contributed by atoms with Gasteiger partial charge in [-0.15, -0.1) is 0 Å². The number of fused-ring (bicyclic) bond motifs is 1. The molecule has 1 aromatic rings. The molecule has 3 fully saturated rings. The van der Waals surface area contributed by atoms with E-state index in [1.54, 1.807) is 0 Å². The van der Waals surface area contributed by atoms with Crippen LogP contribution in [0, 0.1) is 5.92 Å². The lowest BCUT2D eigenvalue weighted by atomic mass is 9.92. The van der Waals surface area contributed by atoms with Gasteiger partial charge in [0.15, 0.2) is 0 Å². The number of nitrogens with zero attached hydrogens (tertiary/aromatic N) is 2. The van der Waals surface area contributed by atoms with Crippen LogP contribution in [0.3, 0.4) is 0 Å². The quantitative estimate of drug-likeness (QED) is 0.864. The van der Waals surface area contributed by atoms with Crippen LogP contribution in [0.1, 0.15) is 44.7 Å². The summed E-state index contributed by atoms with van der Waals surface area (Å²) in [5.74, 6) is 0.338. The fourth-order valence-electron chi connectivity index (χ4n) is 5.24. The van der Waals surface area contributed by atoms with E-state index in [4.69, 9.17) is 4.74 Å². The Hall–Kier alpha value is -1.43. The molecule has 0 saturated carbocycles. The lowest BCUT2D eigenvalue weighted by Gasteiger charge is -2.36. The first-order valence-electron chi connectivity index (χ1n) is 10.5. The number of carbonyl (C=O) groups excluding carboxylic acids is 1. The predicted molar refractivity (Wildman–Crippen MR) is 106 cm³/mol. The first kappa shape index (κ1) is 18.9. The van der Waals surface area contributed by atoms with E-state index in [2.05, 4.69) is 59.3 Å². The summed E-state index contributed by atoms with van der Waals surface area (Å²) in [7, 11) is 0. The van der Waals surface area contributed by atoms with Crippen molar-refractivity contribution in [3.8, 4) is 0 Å². The summed E-state index contributed by atoms with van der Waals surface area (Å²) in [4.78, 5) is 18.2. The van der Waals surface area contributed by atoms with Crippen molar-refractivity contribution >= 4 is 5.91 Å². The van der Waals surface area contributed by atoms with Crippen LogP contribution in [0.15, 0.2) is 30.3 Å². The van der Waals surface area contributed by atoms with Gasteiger partial charge in [-0.2, -0.15) is 0 Å². The first-order chi connectivity index (χ1) is 13.0. The fraction of sp³-hybridized carbons (Fsp3) is 0.682. The molecule has 0 unspecified atom stereocenters. The third-order valence-electron chi connectivity index (χ3n) is 6.39. The molecule has 27 heavy (non-hydrogen) atoms. The van der Waals surface area contributed by atoms with Gasteiger partial charge in [0.25, 0.3) is 0 Å². The number of nitrogens with one attached hydrogen (secondary N) is 1. The van der Waals surface area contributed by atoms with Gasteiger partial charge in [0.2, 0.25) is 5.91 Å². The van der Waals surface area contributed by atoms with Gasteiger partial charge in [-0.05, 0) is 45.2 Å². The van der Waals surface area contributed by atoms with Gasteiger partial charge in [-0.3, -0.25) is 14.6 Å². The van der Waals surface area contributed by atoms with Gasteiger partial charge >= 0.3 is 0 Å². The van der Waals surface area contributed by atoms with Gasteiger partial charge in [0.05, 0.1) is 19.1 Å². The van der Waals surface area contributed by atoms with Crippen molar-refractivity contribution in [2.24, 2.45) is 5.92 Å². The number of carbonyl (C=O) groups is 1. The second-order valence-corrected chi connectivity index (χ2v) is 8.98. The smallest absolute Gasteiger partial charge is 0.225 e. The standard InChI is InChI=1S/C22H33N3O2/c1-22(2,16-24-11-13-27-14-12-24)23-21(26)18-15-20(17-7-4-3-5-8-17)25-10-6-9-19(18)25/h3-5,7-8,18-20H,6,9-16H2,1-2H3,(H,23,26)/t18-,19+,20-/m1/s1. The molecular formula is C22H33N3O2. The minimum absolute atomic E-state index is 0.0988. The van der Waals surface area contributed by atoms with Crippen molar-refractivity contribution in [2.75, 3.05) is 39.4 Å². The van der Waals surface area contributed by atoms with Crippen LogP contribution in [0.25, 0.3) is 0 Å². The van der Waals surface area contributed by atoms with Crippen molar-refractivity contribution in [1.29, 1.82) is 0 Å².